The van der Waals surface area contributed by atoms with Gasteiger partial charge < -0.3 is 0 Å². The first kappa shape index (κ1) is 34.5. The minimum absolute atomic E-state index is 0.335. The van der Waals surface area contributed by atoms with E-state index in [1.165, 1.54) is 0 Å². The summed E-state index contributed by atoms with van der Waals surface area (Å²) in [7, 11) is -3.59. The van der Waals surface area contributed by atoms with Gasteiger partial charge in [-0.05, 0) is 0 Å². The molecular weight excluding hydrogens is 566 g/mol. The topological polar surface area (TPSA) is 0 Å². The maximum absolute atomic E-state index is 3.28. The Labute approximate surface area is 277 Å². The van der Waals surface area contributed by atoms with E-state index in [1.54, 1.807) is 193 Å². The fraction of sp³-hybridized carbons (Fsp3) is 0.952. The zero-order valence-electron chi connectivity index (χ0n) is 30.3. The van der Waals surface area contributed by atoms with Gasteiger partial charge in [0.25, 0.3) is 0 Å². The molecule has 0 aromatic carbocycles. The summed E-state index contributed by atoms with van der Waals surface area (Å²) >= 11 is 0. The molecule has 0 radical (unpaired) electrons. The van der Waals surface area contributed by atoms with Gasteiger partial charge in [-0.15, -0.1) is 0 Å². The van der Waals surface area contributed by atoms with Crippen LogP contribution in [0.15, 0.2) is 11.1 Å². The van der Waals surface area contributed by atoms with Crippen LogP contribution in [0.25, 0.3) is 0 Å². The first-order chi connectivity index (χ1) is 21.5. The van der Waals surface area contributed by atoms with Gasteiger partial charge >= 0.3 is 278 Å². The Bertz CT molecular complexity index is 720. The van der Waals surface area contributed by atoms with Crippen molar-refractivity contribution in [2.75, 3.05) is 0 Å². The first-order valence-electron chi connectivity index (χ1n) is 21.2. The monoisotopic (exact) mass is 645 g/mol. The van der Waals surface area contributed by atoms with Gasteiger partial charge in [0.15, 0.2) is 0 Å². The summed E-state index contributed by atoms with van der Waals surface area (Å²) in [5.74, 6) is 0. The number of hydrogen-bond acceptors (Lipinski definition) is 0. The molecule has 0 bridgehead atoms. The van der Waals surface area contributed by atoms with E-state index >= 15 is 0 Å². The van der Waals surface area contributed by atoms with Crippen molar-refractivity contribution in [1.29, 1.82) is 0 Å². The Balaban J connectivity index is 1.66. The second kappa shape index (κ2) is 15.9. The van der Waals surface area contributed by atoms with Crippen molar-refractivity contribution < 1.29 is 0 Å². The number of hydrogen-bond donors (Lipinski definition) is 0. The first-order valence-corrected chi connectivity index (χ1v) is 25.7. The predicted octanol–water partition coefficient (Wildman–Crippen LogP) is 14.4. The van der Waals surface area contributed by atoms with E-state index in [0.29, 0.717) is 5.41 Å². The molecule has 6 aliphatic carbocycles. The molecular formula is C42H78P2. The zero-order chi connectivity index (χ0) is 30.5. The predicted molar refractivity (Wildman–Crippen MR) is 205 cm³/mol. The molecule has 6 saturated carbocycles. The Kier molecular flexibility index (Phi) is 12.4. The molecule has 0 heterocycles. The van der Waals surface area contributed by atoms with E-state index in [1.807, 2.05) is 0 Å². The van der Waals surface area contributed by atoms with Crippen LogP contribution in [0.5, 0.6) is 0 Å². The van der Waals surface area contributed by atoms with E-state index in [-0.39, 0.29) is 0 Å². The standard InChI is InChI=1S/C42H78P2/c1-42(2,3)34-41(43(35-22-10-4-11-23-35,36-24-12-5-13-25-36)37-26-14-6-15-27-37)44(38-28-16-7-17-29-38,39-30-18-8-19-31-39)40-32-20-9-21-33-40/h34-40,43-44H,4-33H2,1-3H3. The van der Waals surface area contributed by atoms with E-state index < -0.39 is 14.5 Å². The van der Waals surface area contributed by atoms with Crippen molar-refractivity contribution in [3.8, 4) is 0 Å². The summed E-state index contributed by atoms with van der Waals surface area (Å²) in [6.07, 6.45) is 51.2. The Morgan fingerprint density at radius 3 is 0.682 bits per heavy atom. The van der Waals surface area contributed by atoms with Gasteiger partial charge in [-0.3, -0.25) is 0 Å². The summed E-state index contributed by atoms with van der Waals surface area (Å²) in [6.45, 7) is 8.03. The minimum atomic E-state index is -1.80. The molecule has 0 unspecified atom stereocenters. The zero-order valence-corrected chi connectivity index (χ0v) is 32.3. The third-order valence-corrected chi connectivity index (χ3v) is 31.5. The van der Waals surface area contributed by atoms with Crippen LogP contribution in [-0.2, 0) is 0 Å². The van der Waals surface area contributed by atoms with Crippen LogP contribution >= 0.6 is 14.5 Å². The van der Waals surface area contributed by atoms with E-state index in [0.717, 1.165) is 34.0 Å². The summed E-state index contributed by atoms with van der Waals surface area (Å²) in [4.78, 5) is 0. The summed E-state index contributed by atoms with van der Waals surface area (Å²) in [5, 5.41) is 2.51. The molecule has 0 aliphatic heterocycles. The van der Waals surface area contributed by atoms with Crippen LogP contribution < -0.4 is 0 Å². The van der Waals surface area contributed by atoms with Gasteiger partial charge in [0.1, 0.15) is 0 Å². The van der Waals surface area contributed by atoms with Crippen molar-refractivity contribution in [3.63, 3.8) is 0 Å². The van der Waals surface area contributed by atoms with Crippen molar-refractivity contribution in [1.82, 2.24) is 0 Å². The SMILES string of the molecule is CC(C)(C)C=C([PH](C1CCCCC1)(C1CCCCC1)C1CCCCC1)[PH](C1CCCCC1)(C1CCCCC1)C1CCCCC1. The fourth-order valence-electron chi connectivity index (χ4n) is 13.9. The Hall–Kier alpha value is 0.600. The molecule has 0 N–H and O–H groups in total. The third kappa shape index (κ3) is 7.14. The Morgan fingerprint density at radius 1 is 0.341 bits per heavy atom. The maximum atomic E-state index is 3.28. The average Bonchev–Trinajstić information content (AvgIpc) is 3.08. The van der Waals surface area contributed by atoms with Crippen LogP contribution in [0.2, 0.25) is 0 Å². The van der Waals surface area contributed by atoms with Gasteiger partial charge in [0.05, 0.1) is 0 Å². The quantitative estimate of drug-likeness (QED) is 0.231. The van der Waals surface area contributed by atoms with Crippen LogP contribution in [0.4, 0.5) is 0 Å². The number of allylic oxidation sites excluding steroid dienone is 1. The molecule has 0 spiro atoms. The second-order valence-corrected chi connectivity index (χ2v) is 29.0. The molecule has 6 aliphatic rings. The van der Waals surface area contributed by atoms with Gasteiger partial charge in [-0.2, -0.15) is 0 Å². The van der Waals surface area contributed by atoms with Gasteiger partial charge in [-0.25, -0.2) is 0 Å². The molecule has 0 amide bonds. The molecule has 2 heteroatoms. The van der Waals surface area contributed by atoms with Crippen molar-refractivity contribution in [3.05, 3.63) is 11.1 Å². The average molecular weight is 645 g/mol. The molecule has 44 heavy (non-hydrogen) atoms. The summed E-state index contributed by atoms with van der Waals surface area (Å²) in [5.41, 5.74) is 7.16. The molecule has 0 atom stereocenters. The van der Waals surface area contributed by atoms with E-state index in [9.17, 15) is 0 Å². The fourth-order valence-corrected chi connectivity index (χ4v) is 36.7. The van der Waals surface area contributed by atoms with Crippen LogP contribution in [-0.4, -0.2) is 34.0 Å². The van der Waals surface area contributed by atoms with Gasteiger partial charge in [0.2, 0.25) is 0 Å². The second-order valence-electron chi connectivity index (χ2n) is 18.8. The molecule has 6 fully saturated rings. The molecule has 256 valence electrons. The van der Waals surface area contributed by atoms with Crippen molar-refractivity contribution in [2.24, 2.45) is 5.41 Å². The molecule has 0 saturated heterocycles. The van der Waals surface area contributed by atoms with Crippen molar-refractivity contribution in [2.45, 2.75) is 247 Å². The Morgan fingerprint density at radius 2 is 0.523 bits per heavy atom. The molecule has 0 aromatic rings. The van der Waals surface area contributed by atoms with E-state index in [2.05, 4.69) is 31.9 Å². The molecule has 6 rings (SSSR count). The van der Waals surface area contributed by atoms with Crippen LogP contribution in [0.3, 0.4) is 0 Å². The summed E-state index contributed by atoms with van der Waals surface area (Å²) in [6, 6.07) is 0. The third-order valence-electron chi connectivity index (χ3n) is 15.2. The summed E-state index contributed by atoms with van der Waals surface area (Å²) < 4.78 is 0. The van der Waals surface area contributed by atoms with Gasteiger partial charge in [0, 0.05) is 0 Å². The van der Waals surface area contributed by atoms with Crippen LogP contribution in [0.1, 0.15) is 213 Å². The number of rotatable bonds is 8. The molecule has 0 nitrogen and oxygen atoms in total. The van der Waals surface area contributed by atoms with Gasteiger partial charge in [-0.1, -0.05) is 0 Å². The van der Waals surface area contributed by atoms with Crippen LogP contribution in [0, 0.1) is 5.41 Å². The van der Waals surface area contributed by atoms with E-state index in [4.69, 9.17) is 0 Å². The van der Waals surface area contributed by atoms with Crippen molar-refractivity contribution >= 4 is 14.5 Å². The normalized spacial score (nSPS) is 28.5. The molecule has 0 aromatic heterocycles.